The maximum absolute atomic E-state index is 12.5. The zero-order chi connectivity index (χ0) is 18.1. The maximum atomic E-state index is 12.5. The summed E-state index contributed by atoms with van der Waals surface area (Å²) in [4.78, 5) is 30.0. The van der Waals surface area contributed by atoms with Crippen LogP contribution >= 0.6 is 0 Å². The van der Waals surface area contributed by atoms with E-state index in [0.29, 0.717) is 23.0 Å². The summed E-state index contributed by atoms with van der Waals surface area (Å²) in [6, 6.07) is 16.7. The Bertz CT molecular complexity index is 841. The molecule has 0 bridgehead atoms. The van der Waals surface area contributed by atoms with Gasteiger partial charge in [0, 0.05) is 5.56 Å². The summed E-state index contributed by atoms with van der Waals surface area (Å²) >= 11 is 0. The van der Waals surface area contributed by atoms with Crippen LogP contribution in [0, 0.1) is 17.8 Å². The molecular weight excluding hydrogens is 326 g/mol. The summed E-state index contributed by atoms with van der Waals surface area (Å²) in [5.74, 6) is 0.854. The largest absolute Gasteiger partial charge is 0.478 e. The molecule has 1 radical (unpaired) electrons. The van der Waals surface area contributed by atoms with E-state index in [4.69, 9.17) is 4.84 Å². The van der Waals surface area contributed by atoms with Crippen LogP contribution in [0.5, 0.6) is 0 Å². The molecule has 2 aromatic rings. The number of rotatable bonds is 6. The van der Waals surface area contributed by atoms with E-state index < -0.39 is 5.97 Å². The van der Waals surface area contributed by atoms with Gasteiger partial charge in [-0.3, -0.25) is 4.84 Å². The van der Waals surface area contributed by atoms with Gasteiger partial charge in [-0.1, -0.05) is 42.5 Å². The Hall–Kier alpha value is -2.72. The standard InChI is InChI=1S/C22H21NO3/c1-14(15-6-3-2-4-7-15)23-26-22(25)17-12-10-16(11-13-17)21(24)20-18-8-5-9-19(18)20/h2-8,10-14,18-20,23H,9H2,1H3/q+1/p+1/t14-,18-,19+,20-/m1/s1. The molecule has 4 rings (SSSR count). The fourth-order valence-corrected chi connectivity index (χ4v) is 3.76. The van der Waals surface area contributed by atoms with Gasteiger partial charge in [-0.15, -0.1) is 5.48 Å². The normalized spacial score (nSPS) is 24.0. The smallest absolute Gasteiger partial charge is 0.274 e. The number of nitrogens with two attached hydrogens (primary N) is 1. The lowest BCUT2D eigenvalue weighted by atomic mass is 10.0. The quantitative estimate of drug-likeness (QED) is 0.378. The first-order valence-corrected chi connectivity index (χ1v) is 9.05. The molecular formula is C22H22NO3+2. The average molecular weight is 348 g/mol. The summed E-state index contributed by atoms with van der Waals surface area (Å²) in [5, 5.41) is 0. The zero-order valence-electron chi connectivity index (χ0n) is 14.7. The van der Waals surface area contributed by atoms with E-state index in [-0.39, 0.29) is 17.7 Å². The van der Waals surface area contributed by atoms with Crippen molar-refractivity contribution < 1.29 is 19.9 Å². The predicted molar refractivity (Wildman–Crippen MR) is 97.2 cm³/mol. The van der Waals surface area contributed by atoms with Crippen molar-refractivity contribution in [2.75, 3.05) is 0 Å². The van der Waals surface area contributed by atoms with Crippen molar-refractivity contribution in [2.45, 2.75) is 19.4 Å². The summed E-state index contributed by atoms with van der Waals surface area (Å²) in [5.41, 5.74) is 3.77. The number of ketones is 1. The molecule has 131 valence electrons. The highest BCUT2D eigenvalue weighted by Gasteiger charge is 2.60. The number of fused-ring (bicyclic) bond motifs is 1. The van der Waals surface area contributed by atoms with Crippen LogP contribution in [0.1, 0.15) is 45.7 Å². The molecule has 26 heavy (non-hydrogen) atoms. The van der Waals surface area contributed by atoms with E-state index in [1.54, 1.807) is 29.7 Å². The topological polar surface area (TPSA) is 62.8 Å². The fraction of sp³-hybridized carbons (Fsp3) is 0.273. The van der Waals surface area contributed by atoms with Gasteiger partial charge in [-0.25, -0.2) is 4.79 Å². The van der Waals surface area contributed by atoms with Crippen molar-refractivity contribution in [3.05, 3.63) is 83.4 Å². The Morgan fingerprint density at radius 2 is 1.81 bits per heavy atom. The average Bonchev–Trinajstić information content (AvgIpc) is 3.17. The number of quaternary nitrogens is 1. The lowest BCUT2D eigenvalue weighted by Gasteiger charge is -2.09. The van der Waals surface area contributed by atoms with Gasteiger partial charge >= 0.3 is 11.8 Å². The van der Waals surface area contributed by atoms with Crippen LogP contribution in [-0.4, -0.2) is 11.8 Å². The first-order chi connectivity index (χ1) is 12.6. The second-order valence-electron chi connectivity index (χ2n) is 7.11. The van der Waals surface area contributed by atoms with Gasteiger partial charge in [-0.2, -0.15) is 0 Å². The summed E-state index contributed by atoms with van der Waals surface area (Å²) in [6.07, 6.45) is 5.33. The van der Waals surface area contributed by atoms with E-state index in [1.807, 2.05) is 37.3 Å². The Morgan fingerprint density at radius 3 is 2.46 bits per heavy atom. The van der Waals surface area contributed by atoms with Crippen LogP contribution in [0.25, 0.3) is 0 Å². The summed E-state index contributed by atoms with van der Waals surface area (Å²) < 4.78 is 0. The van der Waals surface area contributed by atoms with Crippen LogP contribution in [0.2, 0.25) is 0 Å². The van der Waals surface area contributed by atoms with Gasteiger partial charge < -0.3 is 0 Å². The lowest BCUT2D eigenvalue weighted by molar-refractivity contribution is -0.898. The molecule has 0 amide bonds. The number of carbonyl (C=O) groups excluding carboxylic acids is 2. The second-order valence-corrected chi connectivity index (χ2v) is 7.11. The van der Waals surface area contributed by atoms with E-state index in [0.717, 1.165) is 12.0 Å². The number of Topliss-reactive ketones (excluding diaryl/α,β-unsaturated/α-hetero) is 1. The summed E-state index contributed by atoms with van der Waals surface area (Å²) in [7, 11) is 0. The molecule has 4 nitrogen and oxygen atoms in total. The van der Waals surface area contributed by atoms with Crippen molar-refractivity contribution in [3.63, 3.8) is 0 Å². The van der Waals surface area contributed by atoms with Gasteiger partial charge in [0.2, 0.25) is 4.79 Å². The molecule has 2 N–H and O–H groups in total. The molecule has 0 aliphatic heterocycles. The first kappa shape index (κ1) is 16.7. The van der Waals surface area contributed by atoms with E-state index in [9.17, 15) is 9.59 Å². The molecule has 2 aliphatic rings. The molecule has 0 aromatic heterocycles. The number of carbonyl (C=O) groups is 2. The van der Waals surface area contributed by atoms with Crippen LogP contribution in [0.4, 0.5) is 0 Å². The molecule has 4 atom stereocenters. The lowest BCUT2D eigenvalue weighted by Crippen LogP contribution is -2.84. The predicted octanol–water partition coefficient (Wildman–Crippen LogP) is 3.09. The molecule has 1 fully saturated rings. The Labute approximate surface area is 152 Å². The van der Waals surface area contributed by atoms with E-state index in [2.05, 4.69) is 12.2 Å². The minimum Gasteiger partial charge on any atom is -0.274 e. The molecule has 1 saturated carbocycles. The third-order valence-electron chi connectivity index (χ3n) is 5.41. The molecule has 0 heterocycles. The minimum absolute atomic E-state index is 0.0170. The highest BCUT2D eigenvalue weighted by atomic mass is 16.7. The zero-order valence-corrected chi connectivity index (χ0v) is 14.7. The SMILES string of the molecule is C[C@@H]([NH2+]OC(=O)c1ccc(C(=[O+])[C@@H]2[C@@H]3C=CC[C@@H]32)cc1)c1ccccc1. The van der Waals surface area contributed by atoms with Crippen molar-refractivity contribution in [2.24, 2.45) is 17.8 Å². The maximum Gasteiger partial charge on any atom is 0.478 e. The van der Waals surface area contributed by atoms with Gasteiger partial charge in [0.15, 0.2) is 0 Å². The number of hydrogen-bond acceptors (Lipinski definition) is 3. The van der Waals surface area contributed by atoms with Gasteiger partial charge in [0.25, 0.3) is 0 Å². The Morgan fingerprint density at radius 1 is 1.12 bits per heavy atom. The van der Waals surface area contributed by atoms with Crippen LogP contribution in [0.15, 0.2) is 66.7 Å². The highest BCUT2D eigenvalue weighted by Crippen LogP contribution is 2.54. The fourth-order valence-electron chi connectivity index (χ4n) is 3.76. The summed E-state index contributed by atoms with van der Waals surface area (Å²) in [6.45, 7) is 1.98. The molecule has 2 aliphatic carbocycles. The van der Waals surface area contributed by atoms with Crippen LogP contribution in [0.3, 0.4) is 0 Å². The Balaban J connectivity index is 1.34. The third-order valence-corrected chi connectivity index (χ3v) is 5.41. The monoisotopic (exact) mass is 348 g/mol. The van der Waals surface area contributed by atoms with Gasteiger partial charge in [0.05, 0.1) is 17.0 Å². The number of hydroxylamine groups is 1. The number of allylic oxidation sites excluding steroid dienone is 2. The molecule has 0 spiro atoms. The number of benzene rings is 2. The molecule has 0 saturated heterocycles. The van der Waals surface area contributed by atoms with E-state index in [1.165, 1.54) is 0 Å². The van der Waals surface area contributed by atoms with Crippen LogP contribution in [-0.2, 0) is 4.84 Å². The van der Waals surface area contributed by atoms with Crippen LogP contribution < -0.4 is 5.48 Å². The second kappa shape index (κ2) is 6.89. The molecule has 0 unspecified atom stereocenters. The van der Waals surface area contributed by atoms with Crippen molar-refractivity contribution in [3.8, 4) is 0 Å². The van der Waals surface area contributed by atoms with Gasteiger partial charge in [-0.05, 0) is 49.4 Å². The minimum atomic E-state index is -0.405. The Kier molecular flexibility index (Phi) is 4.43. The molecule has 2 aromatic carbocycles. The first-order valence-electron chi connectivity index (χ1n) is 9.05. The van der Waals surface area contributed by atoms with Crippen molar-refractivity contribution >= 4 is 11.8 Å². The van der Waals surface area contributed by atoms with Crippen molar-refractivity contribution in [1.29, 1.82) is 0 Å². The number of hydrogen-bond donors (Lipinski definition) is 1. The van der Waals surface area contributed by atoms with E-state index >= 15 is 0 Å². The third kappa shape index (κ3) is 3.20. The van der Waals surface area contributed by atoms with Gasteiger partial charge in [0.1, 0.15) is 6.04 Å². The van der Waals surface area contributed by atoms with Crippen molar-refractivity contribution in [1.82, 2.24) is 0 Å². The highest BCUT2D eigenvalue weighted by molar-refractivity contribution is 6.01. The molecule has 4 heteroatoms.